The van der Waals surface area contributed by atoms with Crippen LogP contribution in [0.5, 0.6) is 0 Å². The molecule has 0 unspecified atom stereocenters. The lowest BCUT2D eigenvalue weighted by atomic mass is 10.1. The van der Waals surface area contributed by atoms with Crippen molar-refractivity contribution in [3.05, 3.63) is 58.6 Å². The van der Waals surface area contributed by atoms with Crippen LogP contribution in [0.3, 0.4) is 0 Å². The summed E-state index contributed by atoms with van der Waals surface area (Å²) in [6.07, 6.45) is 0. The first kappa shape index (κ1) is 13.5. The van der Waals surface area contributed by atoms with Crippen molar-refractivity contribution in [1.29, 1.82) is 0 Å². The Kier molecular flexibility index (Phi) is 4.70. The first-order chi connectivity index (χ1) is 8.70. The van der Waals surface area contributed by atoms with E-state index in [1.807, 2.05) is 31.3 Å². The summed E-state index contributed by atoms with van der Waals surface area (Å²) < 4.78 is 0. The zero-order valence-corrected chi connectivity index (χ0v) is 12.1. The lowest BCUT2D eigenvalue weighted by Crippen LogP contribution is -2.05. The Morgan fingerprint density at radius 3 is 2.56 bits per heavy atom. The molecule has 0 saturated heterocycles. The van der Waals surface area contributed by atoms with Gasteiger partial charge in [-0.1, -0.05) is 47.6 Å². The van der Waals surface area contributed by atoms with E-state index < -0.39 is 0 Å². The van der Waals surface area contributed by atoms with Crippen LogP contribution in [0.1, 0.15) is 11.1 Å². The minimum absolute atomic E-state index is 0.807. The molecule has 0 aliphatic rings. The second kappa shape index (κ2) is 6.28. The Morgan fingerprint density at radius 2 is 1.89 bits per heavy atom. The first-order valence-electron chi connectivity index (χ1n) is 5.87. The Labute approximate surface area is 118 Å². The van der Waals surface area contributed by atoms with Gasteiger partial charge in [0.25, 0.3) is 0 Å². The van der Waals surface area contributed by atoms with Gasteiger partial charge in [-0.3, -0.25) is 0 Å². The molecule has 0 spiro atoms. The molecule has 1 nitrogen and oxygen atoms in total. The van der Waals surface area contributed by atoms with E-state index in [4.69, 9.17) is 11.6 Å². The first-order valence-corrected chi connectivity index (χ1v) is 7.06. The van der Waals surface area contributed by atoms with Crippen LogP contribution in [0.15, 0.2) is 52.3 Å². The van der Waals surface area contributed by atoms with Crippen molar-refractivity contribution < 1.29 is 0 Å². The fraction of sp³-hybridized carbons (Fsp3) is 0.200. The van der Waals surface area contributed by atoms with Crippen molar-refractivity contribution in [2.75, 3.05) is 7.05 Å². The van der Waals surface area contributed by atoms with E-state index >= 15 is 0 Å². The third-order valence-electron chi connectivity index (χ3n) is 2.68. The highest BCUT2D eigenvalue weighted by molar-refractivity contribution is 7.99. The molecule has 0 heterocycles. The average Bonchev–Trinajstić information content (AvgIpc) is 2.35. The standard InChI is InChI=1S/C15H16ClNS/c1-11-9-12(10-17-2)7-8-14(11)18-15-6-4-3-5-13(15)16/h3-9,17H,10H2,1-2H3. The summed E-state index contributed by atoms with van der Waals surface area (Å²) >= 11 is 7.89. The highest BCUT2D eigenvalue weighted by Crippen LogP contribution is 2.34. The van der Waals surface area contributed by atoms with E-state index in [9.17, 15) is 0 Å². The highest BCUT2D eigenvalue weighted by atomic mass is 35.5. The number of rotatable bonds is 4. The summed E-state index contributed by atoms with van der Waals surface area (Å²) in [5.74, 6) is 0. The molecule has 18 heavy (non-hydrogen) atoms. The maximum absolute atomic E-state index is 6.18. The number of hydrogen-bond donors (Lipinski definition) is 1. The molecule has 0 atom stereocenters. The number of aryl methyl sites for hydroxylation is 1. The van der Waals surface area contributed by atoms with Crippen molar-refractivity contribution >= 4 is 23.4 Å². The fourth-order valence-electron chi connectivity index (χ4n) is 1.79. The maximum Gasteiger partial charge on any atom is 0.0545 e. The summed E-state index contributed by atoms with van der Waals surface area (Å²) in [7, 11) is 1.96. The molecular formula is C15H16ClNS. The topological polar surface area (TPSA) is 12.0 Å². The number of hydrogen-bond acceptors (Lipinski definition) is 2. The van der Waals surface area contributed by atoms with Gasteiger partial charge in [0, 0.05) is 16.3 Å². The molecule has 1 N–H and O–H groups in total. The Morgan fingerprint density at radius 1 is 1.11 bits per heavy atom. The molecule has 2 aromatic rings. The van der Waals surface area contributed by atoms with Crippen LogP contribution < -0.4 is 5.32 Å². The fourth-order valence-corrected chi connectivity index (χ4v) is 2.94. The summed E-state index contributed by atoms with van der Waals surface area (Å²) in [4.78, 5) is 2.35. The summed E-state index contributed by atoms with van der Waals surface area (Å²) in [6.45, 7) is 3.04. The average molecular weight is 278 g/mol. The van der Waals surface area contributed by atoms with Gasteiger partial charge >= 0.3 is 0 Å². The monoisotopic (exact) mass is 277 g/mol. The number of nitrogens with one attached hydrogen (secondary N) is 1. The quantitative estimate of drug-likeness (QED) is 0.882. The molecular weight excluding hydrogens is 262 g/mol. The second-order valence-corrected chi connectivity index (χ2v) is 5.65. The van der Waals surface area contributed by atoms with E-state index in [0.717, 1.165) is 16.5 Å². The van der Waals surface area contributed by atoms with Gasteiger partial charge in [-0.25, -0.2) is 0 Å². The van der Waals surface area contributed by atoms with Crippen LogP contribution in [-0.4, -0.2) is 7.05 Å². The lowest BCUT2D eigenvalue weighted by molar-refractivity contribution is 0.815. The van der Waals surface area contributed by atoms with Crippen molar-refractivity contribution in [3.8, 4) is 0 Å². The van der Waals surface area contributed by atoms with Gasteiger partial charge in [-0.2, -0.15) is 0 Å². The molecule has 0 aliphatic carbocycles. The minimum atomic E-state index is 0.807. The Balaban J connectivity index is 2.22. The molecule has 0 saturated carbocycles. The second-order valence-electron chi connectivity index (χ2n) is 4.16. The summed E-state index contributed by atoms with van der Waals surface area (Å²) in [6, 6.07) is 14.5. The van der Waals surface area contributed by atoms with Crippen LogP contribution in [0.2, 0.25) is 5.02 Å². The minimum Gasteiger partial charge on any atom is -0.316 e. The van der Waals surface area contributed by atoms with Gasteiger partial charge in [-0.15, -0.1) is 0 Å². The molecule has 0 amide bonds. The molecule has 2 rings (SSSR count). The predicted molar refractivity (Wildman–Crippen MR) is 79.5 cm³/mol. The van der Waals surface area contributed by atoms with Gasteiger partial charge in [0.05, 0.1) is 5.02 Å². The largest absolute Gasteiger partial charge is 0.316 e. The SMILES string of the molecule is CNCc1ccc(Sc2ccccc2Cl)c(C)c1. The van der Waals surface area contributed by atoms with E-state index in [1.165, 1.54) is 16.0 Å². The highest BCUT2D eigenvalue weighted by Gasteiger charge is 2.05. The zero-order chi connectivity index (χ0) is 13.0. The Bertz CT molecular complexity index is 540. The molecule has 0 fully saturated rings. The smallest absolute Gasteiger partial charge is 0.0545 e. The molecule has 0 bridgehead atoms. The van der Waals surface area contributed by atoms with Crippen molar-refractivity contribution in [3.63, 3.8) is 0 Å². The lowest BCUT2D eigenvalue weighted by Gasteiger charge is -2.09. The molecule has 2 aromatic carbocycles. The number of benzene rings is 2. The summed E-state index contributed by atoms with van der Waals surface area (Å²) in [5.41, 5.74) is 2.59. The normalized spacial score (nSPS) is 10.6. The van der Waals surface area contributed by atoms with Gasteiger partial charge in [0.1, 0.15) is 0 Å². The third kappa shape index (κ3) is 3.29. The van der Waals surface area contributed by atoms with Crippen LogP contribution >= 0.6 is 23.4 Å². The molecule has 0 radical (unpaired) electrons. The maximum atomic E-state index is 6.18. The third-order valence-corrected chi connectivity index (χ3v) is 4.37. The van der Waals surface area contributed by atoms with E-state index in [2.05, 4.69) is 30.4 Å². The van der Waals surface area contributed by atoms with Crippen LogP contribution in [0.4, 0.5) is 0 Å². The molecule has 0 aliphatic heterocycles. The van der Waals surface area contributed by atoms with E-state index in [0.29, 0.717) is 0 Å². The van der Waals surface area contributed by atoms with Crippen LogP contribution in [-0.2, 0) is 6.54 Å². The van der Waals surface area contributed by atoms with Crippen molar-refractivity contribution in [1.82, 2.24) is 5.32 Å². The summed E-state index contributed by atoms with van der Waals surface area (Å²) in [5, 5.41) is 3.97. The Hall–Kier alpha value is -0.960. The van der Waals surface area contributed by atoms with Crippen molar-refractivity contribution in [2.24, 2.45) is 0 Å². The van der Waals surface area contributed by atoms with Gasteiger partial charge in [0.2, 0.25) is 0 Å². The zero-order valence-electron chi connectivity index (χ0n) is 10.5. The van der Waals surface area contributed by atoms with E-state index in [-0.39, 0.29) is 0 Å². The molecule has 94 valence electrons. The van der Waals surface area contributed by atoms with E-state index in [1.54, 1.807) is 11.8 Å². The van der Waals surface area contributed by atoms with Crippen LogP contribution in [0, 0.1) is 6.92 Å². The van der Waals surface area contributed by atoms with Gasteiger partial charge < -0.3 is 5.32 Å². The van der Waals surface area contributed by atoms with Crippen molar-refractivity contribution in [2.45, 2.75) is 23.3 Å². The predicted octanol–water partition coefficient (Wildman–Crippen LogP) is 4.52. The van der Waals surface area contributed by atoms with Crippen LogP contribution in [0.25, 0.3) is 0 Å². The molecule has 3 heteroatoms. The van der Waals surface area contributed by atoms with Gasteiger partial charge in [-0.05, 0) is 43.3 Å². The molecule has 0 aromatic heterocycles. The number of halogens is 1. The van der Waals surface area contributed by atoms with Gasteiger partial charge in [0.15, 0.2) is 0 Å².